The Morgan fingerprint density at radius 3 is 1.54 bits per heavy atom. The molecule has 0 aromatic rings. The summed E-state index contributed by atoms with van der Waals surface area (Å²) in [5, 5.41) is 9.26. The molecule has 0 heterocycles. The van der Waals surface area contributed by atoms with E-state index >= 15 is 0 Å². The van der Waals surface area contributed by atoms with E-state index in [-0.39, 0.29) is 35.7 Å². The molecule has 2 unspecified atom stereocenters. The van der Waals surface area contributed by atoms with Gasteiger partial charge in [0.1, 0.15) is 0 Å². The fraction of sp³-hybridized carbons (Fsp3) is 1.00. The number of unbranched alkanes of at least 4 members (excludes halogenated alkanes) is 9. The Kier molecular flexibility index (Phi) is 21.5. The van der Waals surface area contributed by atoms with E-state index in [9.17, 15) is 18.1 Å². The Hall–Kier alpha value is 0.870. The first kappa shape index (κ1) is 29.1. The summed E-state index contributed by atoms with van der Waals surface area (Å²) in [5.41, 5.74) is 0. The van der Waals surface area contributed by atoms with E-state index in [0.717, 1.165) is 64.2 Å². The number of aliphatic hydroxyl groups excluding tert-OH is 1. The average Bonchev–Trinajstić information content (AvgIpc) is 2.55. The molecule has 6 heteroatoms. The quantitative estimate of drug-likeness (QED) is 0.218. The minimum Gasteiger partial charge on any atom is -0.748 e. The second-order valence-corrected chi connectivity index (χ2v) is 9.11. The van der Waals surface area contributed by atoms with E-state index in [1.54, 1.807) is 0 Å². The van der Waals surface area contributed by atoms with Crippen LogP contribution in [0.15, 0.2) is 0 Å². The molecule has 0 aliphatic carbocycles. The topological polar surface area (TPSA) is 77.4 Å². The van der Waals surface area contributed by atoms with Crippen LogP contribution in [-0.4, -0.2) is 29.4 Å². The molecule has 0 saturated heterocycles. The van der Waals surface area contributed by atoms with Crippen LogP contribution in [0.3, 0.4) is 0 Å². The van der Waals surface area contributed by atoms with Gasteiger partial charge in [0.15, 0.2) is 0 Å². The Labute approximate surface area is 185 Å². The Morgan fingerprint density at radius 2 is 1.08 bits per heavy atom. The normalized spacial score (nSPS) is 14.0. The van der Waals surface area contributed by atoms with Gasteiger partial charge in [0, 0.05) is 5.25 Å². The zero-order valence-electron chi connectivity index (χ0n) is 17.5. The van der Waals surface area contributed by atoms with Crippen molar-refractivity contribution in [3.8, 4) is 0 Å². The Balaban J connectivity index is 0. The third-order valence-electron chi connectivity index (χ3n) is 4.99. The predicted molar refractivity (Wildman–Crippen MR) is 105 cm³/mol. The number of hydrogen-bond donors (Lipinski definition) is 1. The Bertz CT molecular complexity index is 387. The van der Waals surface area contributed by atoms with Crippen molar-refractivity contribution in [1.29, 1.82) is 0 Å². The van der Waals surface area contributed by atoms with Crippen molar-refractivity contribution >= 4 is 10.1 Å². The largest absolute Gasteiger partial charge is 1.00 e. The molecule has 1 N–H and O–H groups in total. The van der Waals surface area contributed by atoms with Gasteiger partial charge in [-0.15, -0.1) is 0 Å². The number of rotatable bonds is 18. The van der Waals surface area contributed by atoms with E-state index in [1.165, 1.54) is 25.7 Å². The predicted octanol–water partition coefficient (Wildman–Crippen LogP) is 2.55. The summed E-state index contributed by atoms with van der Waals surface area (Å²) in [6, 6.07) is 0. The molecule has 0 aromatic heterocycles. The van der Waals surface area contributed by atoms with Crippen LogP contribution in [0.5, 0.6) is 0 Å². The Morgan fingerprint density at radius 1 is 0.692 bits per heavy atom. The first-order valence-electron chi connectivity index (χ1n) is 10.5. The van der Waals surface area contributed by atoms with Crippen molar-refractivity contribution < 1.29 is 47.6 Å². The van der Waals surface area contributed by atoms with E-state index in [0.29, 0.717) is 12.8 Å². The fourth-order valence-corrected chi connectivity index (χ4v) is 4.19. The second kappa shape index (κ2) is 19.2. The molecule has 0 spiro atoms. The molecule has 4 nitrogen and oxygen atoms in total. The van der Waals surface area contributed by atoms with E-state index < -0.39 is 15.4 Å². The van der Waals surface area contributed by atoms with E-state index in [4.69, 9.17) is 0 Å². The smallest absolute Gasteiger partial charge is 0.748 e. The first-order valence-corrected chi connectivity index (χ1v) is 12.0. The van der Waals surface area contributed by atoms with E-state index in [1.807, 2.05) is 6.92 Å². The van der Waals surface area contributed by atoms with Gasteiger partial charge in [-0.05, 0) is 25.7 Å². The van der Waals surface area contributed by atoms with Gasteiger partial charge in [0.05, 0.1) is 16.2 Å². The number of hydrogen-bond acceptors (Lipinski definition) is 4. The van der Waals surface area contributed by atoms with Crippen LogP contribution >= 0.6 is 0 Å². The zero-order valence-corrected chi connectivity index (χ0v) is 20.4. The van der Waals surface area contributed by atoms with Gasteiger partial charge in [0.2, 0.25) is 0 Å². The third kappa shape index (κ3) is 18.2. The van der Waals surface area contributed by atoms with Gasteiger partial charge >= 0.3 is 29.6 Å². The van der Waals surface area contributed by atoms with Crippen LogP contribution < -0.4 is 29.6 Å². The molecule has 0 saturated carbocycles. The first-order chi connectivity index (χ1) is 11.9. The van der Waals surface area contributed by atoms with Crippen LogP contribution in [0.25, 0.3) is 0 Å². The SMILES string of the molecule is CCCCCCCC(O)CCCCCCCC(CCCC)S(=O)(=O)[O-].[Na+]. The average molecular weight is 401 g/mol. The molecular formula is C20H41NaO4S. The summed E-state index contributed by atoms with van der Waals surface area (Å²) in [6.45, 7) is 4.22. The number of aliphatic hydroxyl groups is 1. The minimum atomic E-state index is -4.14. The van der Waals surface area contributed by atoms with Gasteiger partial charge in [-0.25, -0.2) is 8.42 Å². The van der Waals surface area contributed by atoms with Crippen molar-refractivity contribution in [3.05, 3.63) is 0 Å². The fourth-order valence-electron chi connectivity index (χ4n) is 3.27. The molecule has 0 radical (unpaired) electrons. The summed E-state index contributed by atoms with van der Waals surface area (Å²) in [6.07, 6.45) is 15.5. The van der Waals surface area contributed by atoms with Gasteiger partial charge < -0.3 is 9.66 Å². The second-order valence-electron chi connectivity index (χ2n) is 7.46. The molecule has 0 aromatic carbocycles. The molecule has 0 amide bonds. The van der Waals surface area contributed by atoms with Crippen LogP contribution in [0.1, 0.15) is 117 Å². The summed E-state index contributed by atoms with van der Waals surface area (Å²) >= 11 is 0. The molecule has 0 bridgehead atoms. The molecule has 152 valence electrons. The van der Waals surface area contributed by atoms with Crippen LogP contribution in [0.4, 0.5) is 0 Å². The van der Waals surface area contributed by atoms with E-state index in [2.05, 4.69) is 6.92 Å². The zero-order chi connectivity index (χ0) is 19.0. The molecule has 0 rings (SSSR count). The molecule has 0 fully saturated rings. The molecule has 2 atom stereocenters. The molecule has 0 aliphatic rings. The van der Waals surface area contributed by atoms with Crippen molar-refractivity contribution in [2.75, 3.05) is 0 Å². The van der Waals surface area contributed by atoms with Crippen LogP contribution in [0, 0.1) is 0 Å². The summed E-state index contributed by atoms with van der Waals surface area (Å²) in [4.78, 5) is 0. The monoisotopic (exact) mass is 400 g/mol. The van der Waals surface area contributed by atoms with Crippen LogP contribution in [-0.2, 0) is 10.1 Å². The molecule has 0 aliphatic heterocycles. The maximum atomic E-state index is 11.2. The maximum absolute atomic E-state index is 11.2. The van der Waals surface area contributed by atoms with Gasteiger partial charge in [0.25, 0.3) is 0 Å². The van der Waals surface area contributed by atoms with Gasteiger partial charge in [-0.2, -0.15) is 0 Å². The van der Waals surface area contributed by atoms with Crippen molar-refractivity contribution in [3.63, 3.8) is 0 Å². The summed E-state index contributed by atoms with van der Waals surface area (Å²) in [7, 11) is -4.14. The summed E-state index contributed by atoms with van der Waals surface area (Å²) < 4.78 is 33.7. The van der Waals surface area contributed by atoms with Crippen LogP contribution in [0.2, 0.25) is 0 Å². The maximum Gasteiger partial charge on any atom is 1.00 e. The van der Waals surface area contributed by atoms with Crippen molar-refractivity contribution in [2.45, 2.75) is 128 Å². The summed E-state index contributed by atoms with van der Waals surface area (Å²) in [5.74, 6) is 0. The third-order valence-corrected chi connectivity index (χ3v) is 6.28. The minimum absolute atomic E-state index is 0. The van der Waals surface area contributed by atoms with Gasteiger partial charge in [-0.3, -0.25) is 0 Å². The standard InChI is InChI=1S/C20H42O4S.Na/c1-3-5-7-9-12-15-19(21)16-13-10-8-11-14-18-20(17-6-4-2)25(22,23)24;/h19-21H,3-18H2,1-2H3,(H,22,23,24);/q;+1/p-1. The van der Waals surface area contributed by atoms with Crippen molar-refractivity contribution in [2.24, 2.45) is 0 Å². The molecular weight excluding hydrogens is 359 g/mol. The van der Waals surface area contributed by atoms with Crippen molar-refractivity contribution in [1.82, 2.24) is 0 Å². The molecule has 26 heavy (non-hydrogen) atoms. The van der Waals surface area contributed by atoms with Gasteiger partial charge in [-0.1, -0.05) is 90.9 Å².